The fourth-order valence-electron chi connectivity index (χ4n) is 0.949. The summed E-state index contributed by atoms with van der Waals surface area (Å²) in [7, 11) is 1.46. The summed E-state index contributed by atoms with van der Waals surface area (Å²) in [6.45, 7) is 0.00956. The Balaban J connectivity index is 2.57. The molecule has 0 saturated heterocycles. The van der Waals surface area contributed by atoms with Crippen LogP contribution in [0, 0.1) is 0 Å². The summed E-state index contributed by atoms with van der Waals surface area (Å²) in [5.41, 5.74) is 0. The van der Waals surface area contributed by atoms with Gasteiger partial charge >= 0.3 is 0 Å². The van der Waals surface area contributed by atoms with Crippen molar-refractivity contribution in [3.63, 3.8) is 0 Å². The van der Waals surface area contributed by atoms with E-state index in [1.807, 2.05) is 0 Å². The van der Waals surface area contributed by atoms with Gasteiger partial charge in [0.05, 0.1) is 5.02 Å². The molecule has 15 heavy (non-hydrogen) atoms. The molecule has 0 heterocycles. The van der Waals surface area contributed by atoms with Crippen LogP contribution in [-0.4, -0.2) is 26.1 Å². The molecule has 1 rings (SSSR count). The van der Waals surface area contributed by atoms with Gasteiger partial charge in [-0.3, -0.25) is 4.79 Å². The lowest BCUT2D eigenvalue weighted by molar-refractivity contribution is -0.124. The Bertz CT molecular complexity index is 355. The highest BCUT2D eigenvalue weighted by atomic mass is 79.9. The molecule has 1 aromatic carbocycles. The van der Waals surface area contributed by atoms with Gasteiger partial charge in [-0.25, -0.2) is 0 Å². The summed E-state index contributed by atoms with van der Waals surface area (Å²) in [5, 5.41) is 0.475. The number of carbonyl (C=O) groups excluding carboxylic acids is 1. The zero-order chi connectivity index (χ0) is 11.3. The Morgan fingerprint density at radius 1 is 1.47 bits per heavy atom. The quantitative estimate of drug-likeness (QED) is 0.837. The second kappa shape index (κ2) is 6.10. The molecular formula is C10H10BrClO3. The molecule has 5 heteroatoms. The topological polar surface area (TPSA) is 35.5 Å². The van der Waals surface area contributed by atoms with Crippen molar-refractivity contribution in [2.45, 2.75) is 0 Å². The fourth-order valence-corrected chi connectivity index (χ4v) is 1.46. The van der Waals surface area contributed by atoms with E-state index in [1.165, 1.54) is 7.11 Å². The van der Waals surface area contributed by atoms with Gasteiger partial charge in [-0.15, -0.1) is 0 Å². The first-order chi connectivity index (χ1) is 7.13. The van der Waals surface area contributed by atoms with Crippen LogP contribution in [0.15, 0.2) is 22.7 Å². The monoisotopic (exact) mass is 292 g/mol. The number of methoxy groups -OCH3 is 1. The summed E-state index contributed by atoms with van der Waals surface area (Å²) >= 11 is 9.15. The van der Waals surface area contributed by atoms with E-state index in [2.05, 4.69) is 20.7 Å². The Morgan fingerprint density at radius 3 is 2.87 bits per heavy atom. The summed E-state index contributed by atoms with van der Waals surface area (Å²) in [5.74, 6) is 0.351. The molecule has 0 atom stereocenters. The molecule has 0 bridgehead atoms. The maximum atomic E-state index is 11.1. The number of hydrogen-bond acceptors (Lipinski definition) is 3. The predicted molar refractivity (Wildman–Crippen MR) is 61.5 cm³/mol. The Labute approximate surface area is 101 Å². The van der Waals surface area contributed by atoms with Crippen molar-refractivity contribution in [3.05, 3.63) is 27.7 Å². The standard InChI is InChI=1S/C10H10BrClO3/c1-14-5-8(13)6-15-10-4-7(11)2-3-9(10)12/h2-4H,5-6H2,1H3. The third kappa shape index (κ3) is 4.20. The normalized spacial score (nSPS) is 10.1. The molecule has 0 aliphatic carbocycles. The van der Waals surface area contributed by atoms with E-state index in [1.54, 1.807) is 18.2 Å². The van der Waals surface area contributed by atoms with Crippen LogP contribution in [0.5, 0.6) is 5.75 Å². The summed E-state index contributed by atoms with van der Waals surface area (Å²) in [6.07, 6.45) is 0. The van der Waals surface area contributed by atoms with Crippen molar-refractivity contribution in [3.8, 4) is 5.75 Å². The van der Waals surface area contributed by atoms with Gasteiger partial charge in [-0.1, -0.05) is 27.5 Å². The Kier molecular flexibility index (Phi) is 5.08. The van der Waals surface area contributed by atoms with Gasteiger partial charge in [0, 0.05) is 11.6 Å². The lowest BCUT2D eigenvalue weighted by atomic mass is 10.3. The lowest BCUT2D eigenvalue weighted by Crippen LogP contribution is -2.16. The molecule has 0 fully saturated rings. The minimum atomic E-state index is -0.131. The minimum absolute atomic E-state index is 0.0377. The number of ether oxygens (including phenoxy) is 2. The SMILES string of the molecule is COCC(=O)COc1cc(Br)ccc1Cl. The van der Waals surface area contributed by atoms with E-state index < -0.39 is 0 Å². The van der Waals surface area contributed by atoms with E-state index in [4.69, 9.17) is 16.3 Å². The molecule has 0 spiro atoms. The van der Waals surface area contributed by atoms with E-state index in [9.17, 15) is 4.79 Å². The molecule has 1 aromatic rings. The number of Topliss-reactive ketones (excluding diaryl/α,β-unsaturated/α-hetero) is 1. The third-order valence-corrected chi connectivity index (χ3v) is 2.39. The molecule has 0 aromatic heterocycles. The van der Waals surface area contributed by atoms with Crippen LogP contribution in [0.2, 0.25) is 5.02 Å². The van der Waals surface area contributed by atoms with E-state index >= 15 is 0 Å². The molecule has 0 radical (unpaired) electrons. The van der Waals surface area contributed by atoms with Gasteiger partial charge in [0.15, 0.2) is 5.78 Å². The zero-order valence-corrected chi connectivity index (χ0v) is 10.5. The van der Waals surface area contributed by atoms with Crippen LogP contribution in [0.3, 0.4) is 0 Å². The van der Waals surface area contributed by atoms with Crippen molar-refractivity contribution in [1.82, 2.24) is 0 Å². The van der Waals surface area contributed by atoms with Crippen molar-refractivity contribution >= 4 is 33.3 Å². The number of benzene rings is 1. The first kappa shape index (κ1) is 12.5. The van der Waals surface area contributed by atoms with Crippen LogP contribution in [0.25, 0.3) is 0 Å². The molecule has 0 unspecified atom stereocenters. The van der Waals surface area contributed by atoms with Crippen molar-refractivity contribution in [1.29, 1.82) is 0 Å². The highest BCUT2D eigenvalue weighted by Gasteiger charge is 2.06. The maximum Gasteiger partial charge on any atom is 0.195 e. The van der Waals surface area contributed by atoms with Gasteiger partial charge in [0.2, 0.25) is 0 Å². The van der Waals surface area contributed by atoms with Crippen LogP contribution in [-0.2, 0) is 9.53 Å². The second-order valence-corrected chi connectivity index (χ2v) is 4.16. The second-order valence-electron chi connectivity index (χ2n) is 2.84. The average molecular weight is 294 g/mol. The molecule has 3 nitrogen and oxygen atoms in total. The molecular weight excluding hydrogens is 283 g/mol. The summed E-state index contributed by atoms with van der Waals surface area (Å²) in [6, 6.07) is 5.20. The Morgan fingerprint density at radius 2 is 2.20 bits per heavy atom. The fraction of sp³-hybridized carbons (Fsp3) is 0.300. The zero-order valence-electron chi connectivity index (χ0n) is 8.13. The number of hydrogen-bond donors (Lipinski definition) is 0. The Hall–Kier alpha value is -0.580. The maximum absolute atomic E-state index is 11.1. The van der Waals surface area contributed by atoms with Gasteiger partial charge < -0.3 is 9.47 Å². The summed E-state index contributed by atoms with van der Waals surface area (Å²) < 4.78 is 10.8. The lowest BCUT2D eigenvalue weighted by Gasteiger charge is -2.07. The molecule has 0 aliphatic rings. The average Bonchev–Trinajstić information content (AvgIpc) is 2.20. The van der Waals surface area contributed by atoms with Crippen molar-refractivity contribution in [2.24, 2.45) is 0 Å². The number of halogens is 2. The number of ketones is 1. The highest BCUT2D eigenvalue weighted by molar-refractivity contribution is 9.10. The smallest absolute Gasteiger partial charge is 0.195 e. The van der Waals surface area contributed by atoms with Crippen molar-refractivity contribution in [2.75, 3.05) is 20.3 Å². The van der Waals surface area contributed by atoms with E-state index in [0.717, 1.165) is 4.47 Å². The predicted octanol–water partition coefficient (Wildman–Crippen LogP) is 2.70. The molecule has 0 amide bonds. The minimum Gasteiger partial charge on any atom is -0.484 e. The van der Waals surface area contributed by atoms with Crippen LogP contribution < -0.4 is 4.74 Å². The molecule has 0 saturated carbocycles. The van der Waals surface area contributed by atoms with E-state index in [-0.39, 0.29) is 19.0 Å². The molecule has 0 N–H and O–H groups in total. The van der Waals surface area contributed by atoms with Crippen LogP contribution in [0.4, 0.5) is 0 Å². The largest absolute Gasteiger partial charge is 0.484 e. The van der Waals surface area contributed by atoms with Crippen molar-refractivity contribution < 1.29 is 14.3 Å². The van der Waals surface area contributed by atoms with Gasteiger partial charge in [0.25, 0.3) is 0 Å². The molecule has 82 valence electrons. The molecule has 0 aliphatic heterocycles. The van der Waals surface area contributed by atoms with Crippen LogP contribution in [0.1, 0.15) is 0 Å². The highest BCUT2D eigenvalue weighted by Crippen LogP contribution is 2.27. The van der Waals surface area contributed by atoms with Gasteiger partial charge in [-0.05, 0) is 18.2 Å². The third-order valence-electron chi connectivity index (χ3n) is 1.59. The first-order valence-corrected chi connectivity index (χ1v) is 5.39. The van der Waals surface area contributed by atoms with Gasteiger partial charge in [0.1, 0.15) is 19.0 Å². The first-order valence-electron chi connectivity index (χ1n) is 4.22. The summed E-state index contributed by atoms with van der Waals surface area (Å²) in [4.78, 5) is 11.1. The van der Waals surface area contributed by atoms with E-state index in [0.29, 0.717) is 10.8 Å². The number of carbonyl (C=O) groups is 1. The number of rotatable bonds is 5. The van der Waals surface area contributed by atoms with Crippen LogP contribution >= 0.6 is 27.5 Å². The van der Waals surface area contributed by atoms with Gasteiger partial charge in [-0.2, -0.15) is 0 Å².